The van der Waals surface area contributed by atoms with Crippen LogP contribution in [0.15, 0.2) is 24.3 Å². The van der Waals surface area contributed by atoms with E-state index in [9.17, 15) is 24.0 Å². The Morgan fingerprint density at radius 1 is 1.02 bits per heavy atom. The van der Waals surface area contributed by atoms with E-state index in [4.69, 9.17) is 19.9 Å². The molecule has 1 aromatic carbocycles. The van der Waals surface area contributed by atoms with Gasteiger partial charge in [-0.25, -0.2) is 4.79 Å². The highest BCUT2D eigenvalue weighted by atomic mass is 16.5. The molecule has 0 saturated carbocycles. The van der Waals surface area contributed by atoms with Crippen molar-refractivity contribution in [1.29, 1.82) is 0 Å². The zero-order chi connectivity index (χ0) is 39.1. The molecule has 0 aromatic heterocycles. The van der Waals surface area contributed by atoms with E-state index in [1.165, 1.54) is 14.2 Å². The van der Waals surface area contributed by atoms with Crippen LogP contribution in [0.3, 0.4) is 0 Å². The van der Waals surface area contributed by atoms with E-state index < -0.39 is 53.5 Å². The number of esters is 1. The molecule has 4 N–H and O–H groups in total. The second kappa shape index (κ2) is 18.6. The third-order valence-corrected chi connectivity index (χ3v) is 11.1. The minimum Gasteiger partial charge on any atom is -0.467 e. The summed E-state index contributed by atoms with van der Waals surface area (Å²) < 4.78 is 17.1. The molecule has 2 aliphatic rings. The minimum absolute atomic E-state index is 0.0219. The standard InChI is InChI=1S/C39H63N5O8/c1-12-23(4)33(43(8)32(22(2)3)36(47)42-38(49)39(6,7)40)29(50-9)21-30(45)44-19-15-18-28(44)34(51-10)24(5)35(46)41-31(37(48)52-11)27-20-25-16-13-14-17-26(25)27/h13-14,16-17,22-24,27-29,31-34H,12,15,18-21,40H2,1-11H3,(H,41,46)(H,42,47,49)/t23-,24+,27-,28-,29+,31-,32-,33-,34+/m0/s1. The van der Waals surface area contributed by atoms with Crippen molar-refractivity contribution < 1.29 is 38.2 Å². The fourth-order valence-corrected chi connectivity index (χ4v) is 8.01. The molecule has 1 aromatic rings. The Balaban J connectivity index is 1.79. The van der Waals surface area contributed by atoms with Crippen LogP contribution in [0, 0.1) is 17.8 Å². The average Bonchev–Trinajstić information content (AvgIpc) is 3.56. The molecule has 52 heavy (non-hydrogen) atoms. The van der Waals surface area contributed by atoms with Gasteiger partial charge >= 0.3 is 5.97 Å². The molecule has 292 valence electrons. The lowest BCUT2D eigenvalue weighted by Crippen LogP contribution is -2.60. The van der Waals surface area contributed by atoms with Crippen molar-refractivity contribution in [2.75, 3.05) is 34.9 Å². The molecule has 13 nitrogen and oxygen atoms in total. The number of nitrogens with one attached hydrogen (secondary N) is 2. The predicted molar refractivity (Wildman–Crippen MR) is 198 cm³/mol. The van der Waals surface area contributed by atoms with Crippen molar-refractivity contribution >= 4 is 29.6 Å². The number of methoxy groups -OCH3 is 3. The Morgan fingerprint density at radius 2 is 1.67 bits per heavy atom. The van der Waals surface area contributed by atoms with E-state index in [2.05, 4.69) is 17.6 Å². The summed E-state index contributed by atoms with van der Waals surface area (Å²) in [4.78, 5) is 70.7. The Hall–Kier alpha value is -3.39. The van der Waals surface area contributed by atoms with Gasteiger partial charge in [-0.3, -0.25) is 29.4 Å². The summed E-state index contributed by atoms with van der Waals surface area (Å²) in [5.41, 5.74) is 6.88. The number of rotatable bonds is 18. The number of likely N-dealkylation sites (N-methyl/N-ethyl adjacent to an activating group) is 1. The number of amides is 4. The van der Waals surface area contributed by atoms with E-state index in [1.807, 2.05) is 57.0 Å². The van der Waals surface area contributed by atoms with Crippen molar-refractivity contribution in [2.45, 2.75) is 128 Å². The second-order valence-corrected chi connectivity index (χ2v) is 15.6. The molecule has 0 spiro atoms. The van der Waals surface area contributed by atoms with Crippen molar-refractivity contribution in [2.24, 2.45) is 23.5 Å². The molecule has 3 rings (SSSR count). The van der Waals surface area contributed by atoms with Gasteiger partial charge in [-0.05, 0) is 63.1 Å². The van der Waals surface area contributed by atoms with Crippen LogP contribution >= 0.6 is 0 Å². The van der Waals surface area contributed by atoms with Gasteiger partial charge < -0.3 is 30.2 Å². The number of ether oxygens (including phenoxy) is 3. The Labute approximate surface area is 310 Å². The molecule has 9 atom stereocenters. The third kappa shape index (κ3) is 9.77. The smallest absolute Gasteiger partial charge is 0.329 e. The van der Waals surface area contributed by atoms with Gasteiger partial charge in [-0.2, -0.15) is 0 Å². The van der Waals surface area contributed by atoms with Crippen LogP contribution in [0.1, 0.15) is 91.2 Å². The van der Waals surface area contributed by atoms with Crippen LogP contribution in [-0.4, -0.2) is 116 Å². The fourth-order valence-electron chi connectivity index (χ4n) is 8.01. The number of benzene rings is 1. The highest BCUT2D eigenvalue weighted by Gasteiger charge is 2.45. The van der Waals surface area contributed by atoms with Crippen molar-refractivity contribution in [1.82, 2.24) is 20.4 Å². The first-order valence-corrected chi connectivity index (χ1v) is 18.6. The molecule has 13 heteroatoms. The van der Waals surface area contributed by atoms with Crippen molar-refractivity contribution in [3.8, 4) is 0 Å². The first-order chi connectivity index (χ1) is 24.4. The monoisotopic (exact) mass is 729 g/mol. The average molecular weight is 730 g/mol. The first-order valence-electron chi connectivity index (χ1n) is 18.6. The number of carbonyl (C=O) groups is 5. The quantitative estimate of drug-likeness (QED) is 0.191. The molecule has 1 fully saturated rings. The van der Waals surface area contributed by atoms with Gasteiger partial charge in [0.05, 0.1) is 49.3 Å². The Kier molecular flexibility index (Phi) is 15.4. The number of likely N-dealkylation sites (tertiary alicyclic amines) is 1. The maximum absolute atomic E-state index is 14.2. The van der Waals surface area contributed by atoms with E-state index >= 15 is 0 Å². The minimum atomic E-state index is -1.23. The molecule has 1 saturated heterocycles. The van der Waals surface area contributed by atoms with E-state index in [-0.39, 0.29) is 48.1 Å². The molecule has 1 heterocycles. The summed E-state index contributed by atoms with van der Waals surface area (Å²) in [5.74, 6) is -3.06. The Morgan fingerprint density at radius 3 is 2.21 bits per heavy atom. The summed E-state index contributed by atoms with van der Waals surface area (Å²) in [5, 5.41) is 5.43. The molecule has 0 bridgehead atoms. The van der Waals surface area contributed by atoms with Crippen LogP contribution < -0.4 is 16.4 Å². The van der Waals surface area contributed by atoms with Crippen molar-refractivity contribution in [3.63, 3.8) is 0 Å². The molecule has 1 aliphatic heterocycles. The van der Waals surface area contributed by atoms with Crippen LogP contribution in [0.5, 0.6) is 0 Å². The highest BCUT2D eigenvalue weighted by molar-refractivity contribution is 6.01. The molecule has 0 unspecified atom stereocenters. The number of nitrogens with zero attached hydrogens (tertiary/aromatic N) is 2. The lowest BCUT2D eigenvalue weighted by Gasteiger charge is -2.43. The van der Waals surface area contributed by atoms with E-state index in [0.717, 1.165) is 24.0 Å². The zero-order valence-corrected chi connectivity index (χ0v) is 33.1. The number of carbonyl (C=O) groups excluding carboxylic acids is 5. The van der Waals surface area contributed by atoms with Gasteiger partial charge in [0, 0.05) is 32.7 Å². The fraction of sp³-hybridized carbons (Fsp3) is 0.718. The Bertz CT molecular complexity index is 1410. The molecule has 4 amide bonds. The van der Waals surface area contributed by atoms with Gasteiger partial charge in [0.15, 0.2) is 0 Å². The van der Waals surface area contributed by atoms with Gasteiger partial charge in [0.1, 0.15) is 6.04 Å². The number of fused-ring (bicyclic) bond motifs is 1. The zero-order valence-electron chi connectivity index (χ0n) is 33.1. The normalized spacial score (nSPS) is 21.2. The van der Waals surface area contributed by atoms with Crippen LogP contribution in [0.2, 0.25) is 0 Å². The van der Waals surface area contributed by atoms with Gasteiger partial charge in [0.25, 0.3) is 0 Å². The molecule has 0 radical (unpaired) electrons. The SMILES string of the molecule is CC[C@H](C)[C@@H]([C@@H](CC(=O)N1CCC[C@H]1[C@H](OC)[C@@H](C)C(=O)N[C@H](C(=O)OC)[C@H]1Cc2ccccc21)OC)N(C)[C@H](C(=O)NC(=O)C(C)(C)N)C(C)C. The largest absolute Gasteiger partial charge is 0.467 e. The van der Waals surface area contributed by atoms with E-state index in [0.29, 0.717) is 19.4 Å². The van der Waals surface area contributed by atoms with Crippen LogP contribution in [0.4, 0.5) is 0 Å². The van der Waals surface area contributed by atoms with Crippen molar-refractivity contribution in [3.05, 3.63) is 35.4 Å². The maximum Gasteiger partial charge on any atom is 0.329 e. The topological polar surface area (TPSA) is 170 Å². The van der Waals surface area contributed by atoms with Crippen LogP contribution in [0.25, 0.3) is 0 Å². The van der Waals surface area contributed by atoms with Gasteiger partial charge in [0.2, 0.25) is 23.6 Å². The number of hydrogen-bond acceptors (Lipinski definition) is 10. The second-order valence-electron chi connectivity index (χ2n) is 15.6. The van der Waals surface area contributed by atoms with Crippen LogP contribution in [-0.2, 0) is 44.6 Å². The number of hydrogen-bond donors (Lipinski definition) is 3. The van der Waals surface area contributed by atoms with E-state index in [1.54, 1.807) is 32.8 Å². The van der Waals surface area contributed by atoms with Gasteiger partial charge in [-0.1, -0.05) is 65.3 Å². The lowest BCUT2D eigenvalue weighted by molar-refractivity contribution is -0.148. The third-order valence-electron chi connectivity index (χ3n) is 11.1. The first kappa shape index (κ1) is 43.0. The predicted octanol–water partition coefficient (Wildman–Crippen LogP) is 2.78. The maximum atomic E-state index is 14.2. The lowest BCUT2D eigenvalue weighted by atomic mass is 9.73. The molecular formula is C39H63N5O8. The summed E-state index contributed by atoms with van der Waals surface area (Å²) in [6, 6.07) is 5.57. The molecule has 1 aliphatic carbocycles. The number of imide groups is 1. The summed E-state index contributed by atoms with van der Waals surface area (Å²) in [6.07, 6.45) is 1.61. The highest BCUT2D eigenvalue weighted by Crippen LogP contribution is 2.38. The number of nitrogens with two attached hydrogens (primary N) is 1. The summed E-state index contributed by atoms with van der Waals surface area (Å²) in [6.45, 7) is 13.3. The molecular weight excluding hydrogens is 666 g/mol. The summed E-state index contributed by atoms with van der Waals surface area (Å²) >= 11 is 0. The summed E-state index contributed by atoms with van der Waals surface area (Å²) in [7, 11) is 6.25. The van der Waals surface area contributed by atoms with Gasteiger partial charge in [-0.15, -0.1) is 0 Å².